The maximum absolute atomic E-state index is 10.6. The van der Waals surface area contributed by atoms with Crippen LogP contribution in [-0.2, 0) is 22.5 Å². The van der Waals surface area contributed by atoms with Crippen LogP contribution in [0.25, 0.3) is 0 Å². The summed E-state index contributed by atoms with van der Waals surface area (Å²) in [5.41, 5.74) is 0. The fraction of sp³-hybridized carbons (Fsp3) is 0.950. The zero-order chi connectivity index (χ0) is 21.3. The summed E-state index contributed by atoms with van der Waals surface area (Å²) in [5, 5.41) is 0.0918. The van der Waals surface area contributed by atoms with Crippen molar-refractivity contribution in [3.8, 4) is 0 Å². The minimum absolute atomic E-state index is 0.0889. The molecule has 2 unspecified atom stereocenters. The molecule has 8 heteroatoms. The van der Waals surface area contributed by atoms with Gasteiger partial charge in [-0.1, -0.05) is 39.5 Å². The minimum atomic E-state index is -1.78. The van der Waals surface area contributed by atoms with E-state index in [1.165, 1.54) is 12.8 Å². The minimum Gasteiger partial charge on any atom is -0.400 e. The quantitative estimate of drug-likeness (QED) is 0.131. The third kappa shape index (κ3) is 11.6. The van der Waals surface area contributed by atoms with Crippen LogP contribution in [0.4, 0.5) is 0 Å². The van der Waals surface area contributed by atoms with Gasteiger partial charge in [0, 0.05) is 32.5 Å². The van der Waals surface area contributed by atoms with Gasteiger partial charge in [-0.2, -0.15) is 0 Å². The van der Waals surface area contributed by atoms with E-state index in [-0.39, 0.29) is 11.1 Å². The molecule has 0 N–H and O–H groups in total. The first-order valence-corrected chi connectivity index (χ1v) is 14.1. The average Bonchev–Trinajstić information content (AvgIpc) is 2.70. The number of unbranched alkanes of at least 4 members (excludes halogenated alkanes) is 2. The van der Waals surface area contributed by atoms with E-state index in [0.717, 1.165) is 44.6 Å². The van der Waals surface area contributed by atoms with Gasteiger partial charge in [-0.15, -0.1) is 0 Å². The van der Waals surface area contributed by atoms with Crippen molar-refractivity contribution >= 4 is 24.6 Å². The molecule has 6 nitrogen and oxygen atoms in total. The van der Waals surface area contributed by atoms with Gasteiger partial charge >= 0.3 is 18.6 Å². The van der Waals surface area contributed by atoms with Gasteiger partial charge in [-0.3, -0.25) is 0 Å². The van der Waals surface area contributed by atoms with E-state index in [1.807, 2.05) is 13.8 Å². The highest BCUT2D eigenvalue weighted by Crippen LogP contribution is 2.42. The molecule has 0 saturated carbocycles. The highest BCUT2D eigenvalue weighted by atomic mass is 28.3. The Hall–Kier alpha value is -0.346. The molecule has 0 aromatic carbocycles. The number of carbonyl (C=O) groups excluding carboxylic acids is 1. The second-order valence-corrected chi connectivity index (χ2v) is 12.7. The summed E-state index contributed by atoms with van der Waals surface area (Å²) < 4.78 is 23.0. The van der Waals surface area contributed by atoms with Crippen molar-refractivity contribution in [2.75, 3.05) is 27.4 Å². The molecule has 0 heterocycles. The van der Waals surface area contributed by atoms with Crippen LogP contribution in [0.2, 0.25) is 11.1 Å². The van der Waals surface area contributed by atoms with E-state index in [4.69, 9.17) is 17.7 Å². The maximum Gasteiger partial charge on any atom is 0.327 e. The first-order chi connectivity index (χ1) is 13.5. The van der Waals surface area contributed by atoms with Gasteiger partial charge in [0.1, 0.15) is 0 Å². The molecule has 0 amide bonds. The molecular formula is C20H43NO5Si2. The topological polar surface area (TPSA) is 66.3 Å². The molecule has 0 aromatic rings. The highest BCUT2D eigenvalue weighted by Gasteiger charge is 2.37. The fourth-order valence-corrected chi connectivity index (χ4v) is 7.31. The van der Waals surface area contributed by atoms with E-state index < -0.39 is 18.6 Å². The number of isocyanates is 1. The molecule has 0 rings (SSSR count). The summed E-state index contributed by atoms with van der Waals surface area (Å²) in [6.07, 6.45) is 10.2. The number of hydrogen-bond acceptors (Lipinski definition) is 6. The number of hydrogen-bond donors (Lipinski definition) is 0. The third-order valence-electron chi connectivity index (χ3n) is 5.41. The Labute approximate surface area is 176 Å². The standard InChI is InChI=1S/C20H43NO5Si2/c1-7-19(21-18-22)14-13-16-20(4,28(25-8-2)26-9-3)15-11-10-12-17-27(23-5)24-6/h19,27-28H,7-17H2,1-6H3. The van der Waals surface area contributed by atoms with Crippen molar-refractivity contribution in [2.45, 2.75) is 96.2 Å². The van der Waals surface area contributed by atoms with Crippen LogP contribution in [0, 0.1) is 0 Å². The predicted octanol–water partition coefficient (Wildman–Crippen LogP) is 4.40. The number of rotatable bonds is 19. The predicted molar refractivity (Wildman–Crippen MR) is 119 cm³/mol. The van der Waals surface area contributed by atoms with Crippen LogP contribution < -0.4 is 0 Å². The molecule has 28 heavy (non-hydrogen) atoms. The smallest absolute Gasteiger partial charge is 0.327 e. The lowest BCUT2D eigenvalue weighted by Crippen LogP contribution is -2.37. The van der Waals surface area contributed by atoms with Gasteiger partial charge < -0.3 is 17.7 Å². The van der Waals surface area contributed by atoms with Crippen LogP contribution >= 0.6 is 0 Å². The largest absolute Gasteiger partial charge is 0.400 e. The van der Waals surface area contributed by atoms with Crippen LogP contribution in [0.5, 0.6) is 0 Å². The number of nitrogens with zero attached hydrogens (tertiary/aromatic N) is 1. The Morgan fingerprint density at radius 3 is 2.07 bits per heavy atom. The summed E-state index contributed by atoms with van der Waals surface area (Å²) in [6, 6.07) is 1.15. The summed E-state index contributed by atoms with van der Waals surface area (Å²) in [6.45, 7) is 9.90. The molecule has 0 aliphatic heterocycles. The van der Waals surface area contributed by atoms with Gasteiger partial charge in [-0.25, -0.2) is 9.79 Å². The highest BCUT2D eigenvalue weighted by molar-refractivity contribution is 6.48. The summed E-state index contributed by atoms with van der Waals surface area (Å²) in [5.74, 6) is 0. The molecule has 0 bridgehead atoms. The van der Waals surface area contributed by atoms with E-state index in [9.17, 15) is 4.79 Å². The van der Waals surface area contributed by atoms with Crippen molar-refractivity contribution in [2.24, 2.45) is 4.99 Å². The molecule has 0 aliphatic rings. The molecule has 166 valence electrons. The van der Waals surface area contributed by atoms with Crippen LogP contribution in [0.3, 0.4) is 0 Å². The van der Waals surface area contributed by atoms with Crippen molar-refractivity contribution in [3.63, 3.8) is 0 Å². The van der Waals surface area contributed by atoms with Gasteiger partial charge in [0.25, 0.3) is 0 Å². The Morgan fingerprint density at radius 2 is 1.57 bits per heavy atom. The summed E-state index contributed by atoms with van der Waals surface area (Å²) in [7, 11) is 0.266. The average molecular weight is 434 g/mol. The van der Waals surface area contributed by atoms with E-state index in [0.29, 0.717) is 13.2 Å². The molecule has 0 fully saturated rings. The van der Waals surface area contributed by atoms with Crippen molar-refractivity contribution in [1.82, 2.24) is 0 Å². The monoisotopic (exact) mass is 433 g/mol. The summed E-state index contributed by atoms with van der Waals surface area (Å²) in [4.78, 5) is 14.5. The summed E-state index contributed by atoms with van der Waals surface area (Å²) >= 11 is 0. The van der Waals surface area contributed by atoms with E-state index in [1.54, 1.807) is 20.3 Å². The molecule has 0 aliphatic carbocycles. The van der Waals surface area contributed by atoms with Crippen LogP contribution in [-0.4, -0.2) is 58.1 Å². The maximum atomic E-state index is 10.6. The Balaban J connectivity index is 4.75. The lowest BCUT2D eigenvalue weighted by Gasteiger charge is -2.35. The first kappa shape index (κ1) is 27.7. The van der Waals surface area contributed by atoms with Gasteiger partial charge in [-0.05, 0) is 45.6 Å². The van der Waals surface area contributed by atoms with E-state index >= 15 is 0 Å². The first-order valence-electron chi connectivity index (χ1n) is 10.9. The molecule has 0 radical (unpaired) electrons. The molecular weight excluding hydrogens is 390 g/mol. The fourth-order valence-electron chi connectivity index (χ4n) is 3.64. The van der Waals surface area contributed by atoms with Crippen LogP contribution in [0.15, 0.2) is 4.99 Å². The molecule has 2 atom stereocenters. The van der Waals surface area contributed by atoms with Gasteiger partial charge in [0.2, 0.25) is 6.08 Å². The Bertz CT molecular complexity index is 413. The SMILES string of the molecule is CCO[SiH](OCC)C(C)(CCCCC[SiH](OC)OC)CCCC(CC)N=C=O. The van der Waals surface area contributed by atoms with Gasteiger partial charge in [0.15, 0.2) is 0 Å². The normalized spacial score (nSPS) is 14.9. The molecule has 0 spiro atoms. The van der Waals surface area contributed by atoms with Crippen molar-refractivity contribution in [1.29, 1.82) is 0 Å². The number of aliphatic imine (C=N–C) groups is 1. The van der Waals surface area contributed by atoms with Crippen LogP contribution in [0.1, 0.15) is 79.1 Å². The Kier molecular flexibility index (Phi) is 17.3. The zero-order valence-electron chi connectivity index (χ0n) is 19.0. The van der Waals surface area contributed by atoms with Gasteiger partial charge in [0.05, 0.1) is 6.04 Å². The molecule has 0 saturated heterocycles. The van der Waals surface area contributed by atoms with E-state index in [2.05, 4.69) is 18.8 Å². The second kappa shape index (κ2) is 17.5. The van der Waals surface area contributed by atoms with Crippen molar-refractivity contribution < 1.29 is 22.5 Å². The third-order valence-corrected chi connectivity index (χ3v) is 10.3. The lowest BCUT2D eigenvalue weighted by molar-refractivity contribution is 0.178. The zero-order valence-corrected chi connectivity index (χ0v) is 21.3. The second-order valence-electron chi connectivity index (χ2n) is 7.57. The van der Waals surface area contributed by atoms with Crippen molar-refractivity contribution in [3.05, 3.63) is 0 Å². The molecule has 0 aromatic heterocycles. The lowest BCUT2D eigenvalue weighted by atomic mass is 9.94. The Morgan fingerprint density at radius 1 is 0.964 bits per heavy atom.